The Bertz CT molecular complexity index is 195. The largest absolute Gasteiger partial charge is 0.282 e. The third-order valence-corrected chi connectivity index (χ3v) is 1.63. The van der Waals surface area contributed by atoms with Crippen LogP contribution in [0.15, 0.2) is 12.3 Å². The van der Waals surface area contributed by atoms with E-state index in [9.17, 15) is 4.21 Å². The fourth-order valence-corrected chi connectivity index (χ4v) is 1.18. The number of aromatic nitrogens is 2. The maximum absolute atomic E-state index is 10.6. The molecule has 3 nitrogen and oxygen atoms in total. The lowest BCUT2D eigenvalue weighted by molar-refractivity contribution is 0.685. The van der Waals surface area contributed by atoms with Crippen LogP contribution in [0, 0.1) is 0 Å². The molecule has 4 heteroatoms. The lowest BCUT2D eigenvalue weighted by Gasteiger charge is -1.87. The normalized spacial score (nSPS) is 13.4. The van der Waals surface area contributed by atoms with Crippen LogP contribution in [0.1, 0.15) is 5.69 Å². The van der Waals surface area contributed by atoms with Gasteiger partial charge in [-0.1, -0.05) is 0 Å². The van der Waals surface area contributed by atoms with Crippen molar-refractivity contribution in [3.63, 3.8) is 0 Å². The standard InChI is InChI=1S/C5H8N2OS/c1-9(8)4-5-2-3-6-7-5/h2-3H,4H2,1H3,(H,6,7). The number of H-pyrrole nitrogens is 1. The van der Waals surface area contributed by atoms with Gasteiger partial charge in [0.2, 0.25) is 0 Å². The average molecular weight is 144 g/mol. The van der Waals surface area contributed by atoms with Crippen LogP contribution >= 0.6 is 0 Å². The minimum Gasteiger partial charge on any atom is -0.282 e. The van der Waals surface area contributed by atoms with Gasteiger partial charge in [-0.15, -0.1) is 0 Å². The maximum atomic E-state index is 10.6. The fraction of sp³-hybridized carbons (Fsp3) is 0.400. The van der Waals surface area contributed by atoms with Crippen molar-refractivity contribution >= 4 is 10.8 Å². The molecule has 50 valence electrons. The van der Waals surface area contributed by atoms with E-state index in [1.54, 1.807) is 12.5 Å². The lowest BCUT2D eigenvalue weighted by Crippen LogP contribution is -1.91. The van der Waals surface area contributed by atoms with Gasteiger partial charge in [-0.05, 0) is 6.07 Å². The van der Waals surface area contributed by atoms with Crippen LogP contribution in [0.5, 0.6) is 0 Å². The summed E-state index contributed by atoms with van der Waals surface area (Å²) in [6.45, 7) is 0. The van der Waals surface area contributed by atoms with Crippen LogP contribution in [0.4, 0.5) is 0 Å². The van der Waals surface area contributed by atoms with Crippen molar-refractivity contribution < 1.29 is 4.21 Å². The number of hydrogen-bond acceptors (Lipinski definition) is 2. The van der Waals surface area contributed by atoms with Gasteiger partial charge in [0, 0.05) is 28.9 Å². The predicted molar refractivity (Wildman–Crippen MR) is 36.4 cm³/mol. The smallest absolute Gasteiger partial charge is 0.0650 e. The van der Waals surface area contributed by atoms with Crippen molar-refractivity contribution in [3.8, 4) is 0 Å². The highest BCUT2D eigenvalue weighted by atomic mass is 32.2. The summed E-state index contributed by atoms with van der Waals surface area (Å²) < 4.78 is 10.6. The Kier molecular flexibility index (Phi) is 2.00. The predicted octanol–water partition coefficient (Wildman–Crippen LogP) is 0.288. The summed E-state index contributed by atoms with van der Waals surface area (Å²) in [4.78, 5) is 0. The van der Waals surface area contributed by atoms with E-state index in [1.165, 1.54) is 0 Å². The molecule has 1 unspecified atom stereocenters. The van der Waals surface area contributed by atoms with Crippen LogP contribution in [-0.4, -0.2) is 20.7 Å². The molecule has 0 aromatic carbocycles. The van der Waals surface area contributed by atoms with Gasteiger partial charge >= 0.3 is 0 Å². The first-order valence-corrected chi connectivity index (χ1v) is 4.30. The van der Waals surface area contributed by atoms with Gasteiger partial charge in [0.25, 0.3) is 0 Å². The molecule has 0 radical (unpaired) electrons. The van der Waals surface area contributed by atoms with Crippen molar-refractivity contribution in [2.75, 3.05) is 6.26 Å². The van der Waals surface area contributed by atoms with E-state index in [1.807, 2.05) is 6.07 Å². The molecule has 1 N–H and O–H groups in total. The first-order chi connectivity index (χ1) is 4.29. The summed E-state index contributed by atoms with van der Waals surface area (Å²) in [5.41, 5.74) is 0.927. The third-order valence-electron chi connectivity index (χ3n) is 0.917. The molecular formula is C5H8N2OS. The van der Waals surface area contributed by atoms with E-state index in [-0.39, 0.29) is 0 Å². The molecule has 0 aliphatic rings. The van der Waals surface area contributed by atoms with Gasteiger partial charge in [-0.3, -0.25) is 9.31 Å². The molecule has 0 aliphatic heterocycles. The van der Waals surface area contributed by atoms with Crippen LogP contribution in [-0.2, 0) is 16.6 Å². The maximum Gasteiger partial charge on any atom is 0.0650 e. The molecule has 1 aromatic rings. The van der Waals surface area contributed by atoms with Crippen LogP contribution in [0.2, 0.25) is 0 Å². The summed E-state index contributed by atoms with van der Waals surface area (Å²) in [6.07, 6.45) is 3.32. The number of rotatable bonds is 2. The number of nitrogens with zero attached hydrogens (tertiary/aromatic N) is 1. The molecule has 9 heavy (non-hydrogen) atoms. The van der Waals surface area contributed by atoms with Gasteiger partial charge < -0.3 is 0 Å². The van der Waals surface area contributed by atoms with E-state index < -0.39 is 10.8 Å². The molecule has 0 spiro atoms. The van der Waals surface area contributed by atoms with Crippen LogP contribution in [0.3, 0.4) is 0 Å². The molecule has 0 saturated heterocycles. The highest BCUT2D eigenvalue weighted by Gasteiger charge is 1.94. The first-order valence-electron chi connectivity index (χ1n) is 2.57. The molecule has 1 aromatic heterocycles. The van der Waals surface area contributed by atoms with Crippen molar-refractivity contribution in [1.29, 1.82) is 0 Å². The Hall–Kier alpha value is -0.640. The Labute approximate surface area is 55.9 Å². The molecule has 1 rings (SSSR count). The fourth-order valence-electron chi connectivity index (χ4n) is 0.584. The topological polar surface area (TPSA) is 45.8 Å². The van der Waals surface area contributed by atoms with Crippen LogP contribution in [0.25, 0.3) is 0 Å². The molecule has 0 aliphatic carbocycles. The number of aromatic amines is 1. The summed E-state index contributed by atoms with van der Waals surface area (Å²) in [5, 5.41) is 6.44. The molecular weight excluding hydrogens is 136 g/mol. The van der Waals surface area contributed by atoms with Crippen molar-refractivity contribution in [3.05, 3.63) is 18.0 Å². The molecule has 0 saturated carbocycles. The van der Waals surface area contributed by atoms with E-state index in [4.69, 9.17) is 0 Å². The van der Waals surface area contributed by atoms with Crippen molar-refractivity contribution in [2.24, 2.45) is 0 Å². The zero-order valence-electron chi connectivity index (χ0n) is 5.13. The van der Waals surface area contributed by atoms with Gasteiger partial charge in [0.15, 0.2) is 0 Å². The summed E-state index contributed by atoms with van der Waals surface area (Å²) >= 11 is 0. The van der Waals surface area contributed by atoms with Gasteiger partial charge in [0.05, 0.1) is 5.75 Å². The minimum atomic E-state index is -0.766. The van der Waals surface area contributed by atoms with Gasteiger partial charge in [-0.2, -0.15) is 5.10 Å². The Morgan fingerprint density at radius 2 is 2.67 bits per heavy atom. The molecule has 1 heterocycles. The Morgan fingerprint density at radius 1 is 1.89 bits per heavy atom. The monoisotopic (exact) mass is 144 g/mol. The zero-order valence-corrected chi connectivity index (χ0v) is 5.94. The number of hydrogen-bond donors (Lipinski definition) is 1. The Morgan fingerprint density at radius 3 is 3.11 bits per heavy atom. The van der Waals surface area contributed by atoms with E-state index in [0.717, 1.165) is 5.69 Å². The molecule has 0 fully saturated rings. The lowest BCUT2D eigenvalue weighted by atomic mass is 10.5. The SMILES string of the molecule is CS(=O)Cc1ccn[nH]1. The van der Waals surface area contributed by atoms with E-state index in [0.29, 0.717) is 5.75 Å². The molecule has 0 bridgehead atoms. The summed E-state index contributed by atoms with van der Waals surface area (Å²) in [6, 6.07) is 1.82. The molecule has 1 atom stereocenters. The first kappa shape index (κ1) is 6.48. The van der Waals surface area contributed by atoms with Crippen LogP contribution < -0.4 is 0 Å². The van der Waals surface area contributed by atoms with Crippen molar-refractivity contribution in [1.82, 2.24) is 10.2 Å². The number of nitrogens with one attached hydrogen (secondary N) is 1. The minimum absolute atomic E-state index is 0.569. The summed E-state index contributed by atoms with van der Waals surface area (Å²) in [5.74, 6) is 0.569. The summed E-state index contributed by atoms with van der Waals surface area (Å²) in [7, 11) is -0.766. The van der Waals surface area contributed by atoms with E-state index in [2.05, 4.69) is 10.2 Å². The van der Waals surface area contributed by atoms with E-state index >= 15 is 0 Å². The second-order valence-electron chi connectivity index (χ2n) is 1.80. The highest BCUT2D eigenvalue weighted by molar-refractivity contribution is 7.83. The molecule has 0 amide bonds. The quantitative estimate of drug-likeness (QED) is 0.648. The zero-order chi connectivity index (χ0) is 6.69. The Balaban J connectivity index is 2.58. The van der Waals surface area contributed by atoms with Crippen molar-refractivity contribution in [2.45, 2.75) is 5.75 Å². The van der Waals surface area contributed by atoms with Gasteiger partial charge in [-0.25, -0.2) is 0 Å². The average Bonchev–Trinajstić information content (AvgIpc) is 2.15. The second-order valence-corrected chi connectivity index (χ2v) is 3.23. The highest BCUT2D eigenvalue weighted by Crippen LogP contribution is 1.94. The third kappa shape index (κ3) is 1.97. The van der Waals surface area contributed by atoms with Gasteiger partial charge in [0.1, 0.15) is 0 Å². The second kappa shape index (κ2) is 2.77.